The number of rotatable bonds is 6. The molecular formula is C18H16ClN5O2. The Kier molecular flexibility index (Phi) is 5.28. The van der Waals surface area contributed by atoms with Crippen LogP contribution >= 0.6 is 11.6 Å². The summed E-state index contributed by atoms with van der Waals surface area (Å²) in [5, 5.41) is 18.2. The van der Waals surface area contributed by atoms with Crippen LogP contribution in [0.2, 0.25) is 5.02 Å². The standard InChI is InChI=1S/C18H16ClN5O2/c1-12(13-6-3-2-4-7-13)22-17-16(24(25)26)18(21-11-20-17)23-15-9-5-8-14(19)10-15/h2-12H,1H3,(H2,20,21,22,23). The lowest BCUT2D eigenvalue weighted by atomic mass is 10.1. The highest BCUT2D eigenvalue weighted by atomic mass is 35.5. The van der Waals surface area contributed by atoms with Crippen LogP contribution < -0.4 is 10.6 Å². The topological polar surface area (TPSA) is 93.0 Å². The number of benzene rings is 2. The Bertz CT molecular complexity index is 920. The Labute approximate surface area is 155 Å². The molecule has 0 bridgehead atoms. The van der Waals surface area contributed by atoms with Gasteiger partial charge in [-0.25, -0.2) is 9.97 Å². The summed E-state index contributed by atoms with van der Waals surface area (Å²) in [6.07, 6.45) is 1.28. The Morgan fingerprint density at radius 2 is 1.81 bits per heavy atom. The molecule has 3 aromatic rings. The summed E-state index contributed by atoms with van der Waals surface area (Å²) < 4.78 is 0. The monoisotopic (exact) mass is 369 g/mol. The summed E-state index contributed by atoms with van der Waals surface area (Å²) in [5.74, 6) is 0.237. The van der Waals surface area contributed by atoms with E-state index in [-0.39, 0.29) is 23.4 Å². The van der Waals surface area contributed by atoms with Crippen LogP contribution in [0.3, 0.4) is 0 Å². The summed E-state index contributed by atoms with van der Waals surface area (Å²) >= 11 is 5.96. The maximum atomic E-state index is 11.6. The number of nitrogens with one attached hydrogen (secondary N) is 2. The summed E-state index contributed by atoms with van der Waals surface area (Å²) in [6, 6.07) is 16.3. The predicted molar refractivity (Wildman–Crippen MR) is 102 cm³/mol. The van der Waals surface area contributed by atoms with Gasteiger partial charge in [0, 0.05) is 10.7 Å². The van der Waals surface area contributed by atoms with Gasteiger partial charge in [-0.3, -0.25) is 10.1 Å². The van der Waals surface area contributed by atoms with Gasteiger partial charge in [0.05, 0.1) is 11.0 Å². The molecule has 0 saturated heterocycles. The zero-order chi connectivity index (χ0) is 18.5. The molecule has 7 nitrogen and oxygen atoms in total. The van der Waals surface area contributed by atoms with Crippen molar-refractivity contribution in [3.63, 3.8) is 0 Å². The zero-order valence-electron chi connectivity index (χ0n) is 13.9. The van der Waals surface area contributed by atoms with Crippen LogP contribution in [0.1, 0.15) is 18.5 Å². The largest absolute Gasteiger partial charge is 0.358 e. The molecule has 0 aliphatic carbocycles. The van der Waals surface area contributed by atoms with Crippen molar-refractivity contribution >= 4 is 34.6 Å². The molecule has 8 heteroatoms. The molecule has 1 unspecified atom stereocenters. The molecular weight excluding hydrogens is 354 g/mol. The number of hydrogen-bond acceptors (Lipinski definition) is 6. The Hall–Kier alpha value is -3.19. The van der Waals surface area contributed by atoms with Crippen LogP contribution in [-0.2, 0) is 0 Å². The Balaban J connectivity index is 1.92. The van der Waals surface area contributed by atoms with Crippen LogP contribution in [0.15, 0.2) is 60.9 Å². The van der Waals surface area contributed by atoms with Crippen LogP contribution in [0.25, 0.3) is 0 Å². The third-order valence-corrected chi connectivity index (χ3v) is 3.98. The molecule has 0 aliphatic heterocycles. The molecule has 1 aromatic heterocycles. The van der Waals surface area contributed by atoms with E-state index in [4.69, 9.17) is 11.6 Å². The Morgan fingerprint density at radius 3 is 2.50 bits per heavy atom. The molecule has 3 rings (SSSR count). The highest BCUT2D eigenvalue weighted by Crippen LogP contribution is 2.33. The molecule has 0 saturated carbocycles. The van der Waals surface area contributed by atoms with Crippen molar-refractivity contribution in [2.75, 3.05) is 10.6 Å². The third-order valence-electron chi connectivity index (χ3n) is 3.75. The van der Waals surface area contributed by atoms with Crippen LogP contribution in [0.5, 0.6) is 0 Å². The van der Waals surface area contributed by atoms with Crippen LogP contribution in [-0.4, -0.2) is 14.9 Å². The first kappa shape index (κ1) is 17.6. The lowest BCUT2D eigenvalue weighted by Gasteiger charge is -2.16. The van der Waals surface area contributed by atoms with E-state index in [2.05, 4.69) is 20.6 Å². The fourth-order valence-corrected chi connectivity index (χ4v) is 2.67. The van der Waals surface area contributed by atoms with Gasteiger partial charge in [-0.2, -0.15) is 0 Å². The van der Waals surface area contributed by atoms with E-state index in [1.807, 2.05) is 37.3 Å². The average Bonchev–Trinajstić information content (AvgIpc) is 2.62. The smallest absolute Gasteiger partial charge is 0.353 e. The number of nitro groups is 1. The minimum atomic E-state index is -0.507. The number of nitrogens with zero attached hydrogens (tertiary/aromatic N) is 3. The van der Waals surface area contributed by atoms with Gasteiger partial charge >= 0.3 is 5.69 Å². The van der Waals surface area contributed by atoms with Crippen molar-refractivity contribution in [3.05, 3.63) is 81.6 Å². The van der Waals surface area contributed by atoms with Gasteiger partial charge in [-0.1, -0.05) is 48.0 Å². The molecule has 0 spiro atoms. The van der Waals surface area contributed by atoms with Gasteiger partial charge in [0.25, 0.3) is 0 Å². The third kappa shape index (κ3) is 4.07. The van der Waals surface area contributed by atoms with Crippen LogP contribution in [0, 0.1) is 10.1 Å². The Morgan fingerprint density at radius 1 is 1.08 bits per heavy atom. The van der Waals surface area contributed by atoms with Gasteiger partial charge in [0.2, 0.25) is 11.6 Å². The number of hydrogen-bond donors (Lipinski definition) is 2. The van der Waals surface area contributed by atoms with Gasteiger partial charge in [-0.05, 0) is 30.7 Å². The summed E-state index contributed by atoms with van der Waals surface area (Å²) in [4.78, 5) is 19.2. The first-order valence-corrected chi connectivity index (χ1v) is 8.26. The molecule has 1 heterocycles. The second-order valence-corrected chi connectivity index (χ2v) is 6.03. The van der Waals surface area contributed by atoms with Crippen molar-refractivity contribution in [1.82, 2.24) is 9.97 Å². The lowest BCUT2D eigenvalue weighted by molar-refractivity contribution is -0.383. The molecule has 0 fully saturated rings. The van der Waals surface area contributed by atoms with E-state index < -0.39 is 4.92 Å². The molecule has 0 amide bonds. The maximum Gasteiger partial charge on any atom is 0.353 e. The van der Waals surface area contributed by atoms with Crippen molar-refractivity contribution in [1.29, 1.82) is 0 Å². The molecule has 2 aromatic carbocycles. The first-order chi connectivity index (χ1) is 12.5. The fourth-order valence-electron chi connectivity index (χ4n) is 2.48. The zero-order valence-corrected chi connectivity index (χ0v) is 14.6. The highest BCUT2D eigenvalue weighted by Gasteiger charge is 2.24. The van der Waals surface area contributed by atoms with Gasteiger partial charge in [-0.15, -0.1) is 0 Å². The number of halogens is 1. The normalized spacial score (nSPS) is 11.6. The molecule has 2 N–H and O–H groups in total. The van der Waals surface area contributed by atoms with Gasteiger partial charge in [0.15, 0.2) is 0 Å². The van der Waals surface area contributed by atoms with Gasteiger partial charge in [0.1, 0.15) is 6.33 Å². The molecule has 1 atom stereocenters. The quantitative estimate of drug-likeness (QED) is 0.471. The maximum absolute atomic E-state index is 11.6. The van der Waals surface area contributed by atoms with E-state index in [9.17, 15) is 10.1 Å². The average molecular weight is 370 g/mol. The van der Waals surface area contributed by atoms with E-state index >= 15 is 0 Å². The summed E-state index contributed by atoms with van der Waals surface area (Å²) in [6.45, 7) is 1.91. The fraction of sp³-hybridized carbons (Fsp3) is 0.111. The minimum Gasteiger partial charge on any atom is -0.358 e. The van der Waals surface area contributed by atoms with E-state index in [0.717, 1.165) is 5.56 Å². The number of anilines is 3. The first-order valence-electron chi connectivity index (χ1n) is 7.88. The molecule has 0 aliphatic rings. The van der Waals surface area contributed by atoms with Crippen molar-refractivity contribution in [2.45, 2.75) is 13.0 Å². The second kappa shape index (κ2) is 7.79. The SMILES string of the molecule is CC(Nc1ncnc(Nc2cccc(Cl)c2)c1[N+](=O)[O-])c1ccccc1. The van der Waals surface area contributed by atoms with Gasteiger partial charge < -0.3 is 10.6 Å². The lowest BCUT2D eigenvalue weighted by Crippen LogP contribution is -2.11. The van der Waals surface area contributed by atoms with Crippen molar-refractivity contribution in [3.8, 4) is 0 Å². The molecule has 26 heavy (non-hydrogen) atoms. The molecule has 0 radical (unpaired) electrons. The number of aromatic nitrogens is 2. The van der Waals surface area contributed by atoms with Crippen molar-refractivity contribution in [2.24, 2.45) is 0 Å². The second-order valence-electron chi connectivity index (χ2n) is 5.59. The van der Waals surface area contributed by atoms with E-state index in [1.54, 1.807) is 24.3 Å². The van der Waals surface area contributed by atoms with Crippen LogP contribution in [0.4, 0.5) is 23.0 Å². The summed E-state index contributed by atoms with van der Waals surface area (Å²) in [5.41, 5.74) is 1.36. The minimum absolute atomic E-state index is 0.0926. The molecule has 132 valence electrons. The highest BCUT2D eigenvalue weighted by molar-refractivity contribution is 6.30. The van der Waals surface area contributed by atoms with Crippen molar-refractivity contribution < 1.29 is 4.92 Å². The van der Waals surface area contributed by atoms with E-state index in [0.29, 0.717) is 10.7 Å². The van der Waals surface area contributed by atoms with E-state index in [1.165, 1.54) is 6.33 Å². The predicted octanol–water partition coefficient (Wildman–Crippen LogP) is 4.95. The summed E-state index contributed by atoms with van der Waals surface area (Å²) in [7, 11) is 0.